The Balaban J connectivity index is 1.65. The van der Waals surface area contributed by atoms with Crippen LogP contribution in [0.15, 0.2) is 24.3 Å². The molecule has 0 bridgehead atoms. The largest absolute Gasteiger partial charge is 0.416 e. The van der Waals surface area contributed by atoms with E-state index in [9.17, 15) is 13.2 Å². The number of rotatable bonds is 1. The highest BCUT2D eigenvalue weighted by Crippen LogP contribution is 2.54. The van der Waals surface area contributed by atoms with Crippen LogP contribution < -0.4 is 4.90 Å². The third kappa shape index (κ3) is 3.11. The number of alkyl halides is 3. The zero-order valence-corrected chi connectivity index (χ0v) is 13.3. The van der Waals surface area contributed by atoms with E-state index in [1.54, 1.807) is 12.1 Å². The van der Waals surface area contributed by atoms with Crippen molar-refractivity contribution in [2.24, 2.45) is 10.8 Å². The number of piperidine rings is 1. The number of halogens is 3. The van der Waals surface area contributed by atoms with Crippen molar-refractivity contribution in [3.05, 3.63) is 29.8 Å². The summed E-state index contributed by atoms with van der Waals surface area (Å²) >= 11 is 0. The van der Waals surface area contributed by atoms with Crippen LogP contribution in [0, 0.1) is 10.8 Å². The van der Waals surface area contributed by atoms with Crippen LogP contribution in [0.5, 0.6) is 0 Å². The van der Waals surface area contributed by atoms with Crippen LogP contribution >= 0.6 is 0 Å². The van der Waals surface area contributed by atoms with Gasteiger partial charge in [-0.25, -0.2) is 0 Å². The van der Waals surface area contributed by atoms with Gasteiger partial charge in [0.25, 0.3) is 0 Å². The van der Waals surface area contributed by atoms with E-state index in [0.29, 0.717) is 10.8 Å². The molecule has 0 amide bonds. The maximum atomic E-state index is 12.6. The summed E-state index contributed by atoms with van der Waals surface area (Å²) in [5.74, 6) is 0. The van der Waals surface area contributed by atoms with Crippen molar-refractivity contribution in [1.82, 2.24) is 0 Å². The van der Waals surface area contributed by atoms with Crippen molar-refractivity contribution >= 4 is 5.69 Å². The number of anilines is 1. The summed E-state index contributed by atoms with van der Waals surface area (Å²) in [7, 11) is 0. The molecular weight excluding hydrogens is 287 g/mol. The maximum absolute atomic E-state index is 12.6. The van der Waals surface area contributed by atoms with E-state index >= 15 is 0 Å². The minimum Gasteiger partial charge on any atom is -0.371 e. The molecule has 0 radical (unpaired) electrons. The molecule has 1 nitrogen and oxygen atoms in total. The minimum atomic E-state index is -4.25. The van der Waals surface area contributed by atoms with Gasteiger partial charge >= 0.3 is 6.18 Å². The highest BCUT2D eigenvalue weighted by Gasteiger charge is 2.44. The lowest BCUT2D eigenvalue weighted by molar-refractivity contribution is -0.137. The SMILES string of the molecule is CC1(C)CCC2(CCN(c3ccc(C(F)(F)F)cc3)CC2)C1. The second-order valence-corrected chi connectivity index (χ2v) is 7.87. The maximum Gasteiger partial charge on any atom is 0.416 e. The summed E-state index contributed by atoms with van der Waals surface area (Å²) in [6, 6.07) is 5.61. The first-order valence-electron chi connectivity index (χ1n) is 8.12. The van der Waals surface area contributed by atoms with E-state index in [-0.39, 0.29) is 0 Å². The number of hydrogen-bond acceptors (Lipinski definition) is 1. The van der Waals surface area contributed by atoms with Crippen LogP contribution in [0.4, 0.5) is 18.9 Å². The molecule has 1 saturated carbocycles. The highest BCUT2D eigenvalue weighted by molar-refractivity contribution is 5.48. The van der Waals surface area contributed by atoms with Crippen molar-refractivity contribution in [3.63, 3.8) is 0 Å². The first-order chi connectivity index (χ1) is 10.2. The van der Waals surface area contributed by atoms with Crippen LogP contribution in [0.1, 0.15) is 51.5 Å². The second-order valence-electron chi connectivity index (χ2n) is 7.87. The molecule has 1 saturated heterocycles. The molecule has 2 aliphatic rings. The van der Waals surface area contributed by atoms with E-state index in [1.165, 1.54) is 31.4 Å². The molecule has 1 heterocycles. The number of hydrogen-bond donors (Lipinski definition) is 0. The Morgan fingerprint density at radius 1 is 0.909 bits per heavy atom. The summed E-state index contributed by atoms with van der Waals surface area (Å²) in [5.41, 5.74) is 1.28. The molecule has 0 aromatic heterocycles. The van der Waals surface area contributed by atoms with Gasteiger partial charge in [0, 0.05) is 18.8 Å². The lowest BCUT2D eigenvalue weighted by Crippen LogP contribution is -2.39. The Bertz CT molecular complexity index is 522. The molecule has 2 fully saturated rings. The number of benzene rings is 1. The molecule has 0 N–H and O–H groups in total. The van der Waals surface area contributed by atoms with E-state index in [0.717, 1.165) is 31.6 Å². The summed E-state index contributed by atoms with van der Waals surface area (Å²) in [4.78, 5) is 2.23. The first kappa shape index (κ1) is 15.7. The molecule has 122 valence electrons. The Kier molecular flexibility index (Phi) is 3.69. The molecule has 1 aromatic carbocycles. The van der Waals surface area contributed by atoms with Gasteiger partial charge in [0.05, 0.1) is 5.56 Å². The molecule has 1 aliphatic heterocycles. The van der Waals surface area contributed by atoms with Crippen molar-refractivity contribution < 1.29 is 13.2 Å². The fourth-order valence-corrected chi connectivity index (χ4v) is 4.32. The molecular formula is C18H24F3N. The predicted molar refractivity (Wildman–Crippen MR) is 83.0 cm³/mol. The van der Waals surface area contributed by atoms with Crippen LogP contribution in [-0.4, -0.2) is 13.1 Å². The van der Waals surface area contributed by atoms with E-state index in [1.807, 2.05) is 0 Å². The van der Waals surface area contributed by atoms with Crippen LogP contribution in [0.3, 0.4) is 0 Å². The molecule has 22 heavy (non-hydrogen) atoms. The predicted octanol–water partition coefficient (Wildman–Crippen LogP) is 5.50. The molecule has 4 heteroatoms. The Morgan fingerprint density at radius 2 is 1.50 bits per heavy atom. The van der Waals surface area contributed by atoms with Gasteiger partial charge in [-0.15, -0.1) is 0 Å². The fourth-order valence-electron chi connectivity index (χ4n) is 4.32. The normalized spacial score (nSPS) is 24.0. The van der Waals surface area contributed by atoms with Gasteiger partial charge in [0.15, 0.2) is 0 Å². The summed E-state index contributed by atoms with van der Waals surface area (Å²) in [6.07, 6.45) is 1.98. The fraction of sp³-hybridized carbons (Fsp3) is 0.667. The van der Waals surface area contributed by atoms with Crippen molar-refractivity contribution in [2.75, 3.05) is 18.0 Å². The van der Waals surface area contributed by atoms with Gasteiger partial charge in [-0.3, -0.25) is 0 Å². The zero-order valence-electron chi connectivity index (χ0n) is 13.3. The monoisotopic (exact) mass is 311 g/mol. The first-order valence-corrected chi connectivity index (χ1v) is 8.12. The van der Waals surface area contributed by atoms with E-state index in [4.69, 9.17) is 0 Å². The Morgan fingerprint density at radius 3 is 1.95 bits per heavy atom. The van der Waals surface area contributed by atoms with E-state index < -0.39 is 11.7 Å². The number of nitrogens with zero attached hydrogens (tertiary/aromatic N) is 1. The van der Waals surface area contributed by atoms with Gasteiger partial charge < -0.3 is 4.90 Å². The van der Waals surface area contributed by atoms with Gasteiger partial charge in [-0.2, -0.15) is 13.2 Å². The second kappa shape index (κ2) is 5.17. The van der Waals surface area contributed by atoms with Gasteiger partial charge in [0.1, 0.15) is 0 Å². The summed E-state index contributed by atoms with van der Waals surface area (Å²) < 4.78 is 37.9. The van der Waals surface area contributed by atoms with Gasteiger partial charge in [-0.1, -0.05) is 13.8 Å². The lowest BCUT2D eigenvalue weighted by Gasteiger charge is -2.41. The molecule has 1 aliphatic carbocycles. The van der Waals surface area contributed by atoms with Crippen LogP contribution in [0.2, 0.25) is 0 Å². The molecule has 3 rings (SSSR count). The molecule has 1 spiro atoms. The summed E-state index contributed by atoms with van der Waals surface area (Å²) in [5, 5.41) is 0. The standard InChI is InChI=1S/C18H24F3N/c1-16(2)7-8-17(13-16)9-11-22(12-10-17)15-5-3-14(4-6-15)18(19,20)21/h3-6H,7-13H2,1-2H3. The third-order valence-corrected chi connectivity index (χ3v) is 5.57. The average Bonchev–Trinajstić information content (AvgIpc) is 2.74. The minimum absolute atomic E-state index is 0.455. The molecule has 0 atom stereocenters. The van der Waals surface area contributed by atoms with Crippen LogP contribution in [-0.2, 0) is 6.18 Å². The molecule has 0 unspecified atom stereocenters. The Hall–Kier alpha value is -1.19. The smallest absolute Gasteiger partial charge is 0.371 e. The van der Waals surface area contributed by atoms with Crippen molar-refractivity contribution in [1.29, 1.82) is 0 Å². The van der Waals surface area contributed by atoms with E-state index in [2.05, 4.69) is 18.7 Å². The Labute approximate surface area is 130 Å². The summed E-state index contributed by atoms with van der Waals surface area (Å²) in [6.45, 7) is 6.62. The third-order valence-electron chi connectivity index (χ3n) is 5.57. The van der Waals surface area contributed by atoms with Crippen molar-refractivity contribution in [2.45, 2.75) is 52.1 Å². The van der Waals surface area contributed by atoms with Gasteiger partial charge in [0.2, 0.25) is 0 Å². The lowest BCUT2D eigenvalue weighted by atomic mass is 9.74. The zero-order chi connectivity index (χ0) is 16.0. The quantitative estimate of drug-likeness (QED) is 0.661. The van der Waals surface area contributed by atoms with Crippen LogP contribution in [0.25, 0.3) is 0 Å². The average molecular weight is 311 g/mol. The topological polar surface area (TPSA) is 3.24 Å². The molecule has 1 aromatic rings. The highest BCUT2D eigenvalue weighted by atomic mass is 19.4. The van der Waals surface area contributed by atoms with Gasteiger partial charge in [-0.05, 0) is 67.2 Å². The van der Waals surface area contributed by atoms with Crippen molar-refractivity contribution in [3.8, 4) is 0 Å².